The van der Waals surface area contributed by atoms with Gasteiger partial charge in [0.1, 0.15) is 12.4 Å². The van der Waals surface area contributed by atoms with Gasteiger partial charge in [0.25, 0.3) is 0 Å². The first-order valence-corrected chi connectivity index (χ1v) is 11.8. The second-order valence-electron chi connectivity index (χ2n) is 7.97. The molecule has 1 amide bonds. The van der Waals surface area contributed by atoms with Crippen LogP contribution < -0.4 is 20.7 Å². The maximum Gasteiger partial charge on any atom is 0.247 e. The fraction of sp³-hybridized carbons (Fsp3) is 0.208. The molecule has 0 saturated carbocycles. The molecule has 0 radical (unpaired) electrons. The first-order chi connectivity index (χ1) is 16.2. The third kappa shape index (κ3) is 7.39. The molecule has 1 aromatic heterocycles. The molecule has 178 valence electrons. The van der Waals surface area contributed by atoms with E-state index in [1.807, 2.05) is 12.1 Å². The molecule has 0 aliphatic carbocycles. The summed E-state index contributed by atoms with van der Waals surface area (Å²) in [7, 11) is 0. The Morgan fingerprint density at radius 3 is 2.65 bits per heavy atom. The highest BCUT2D eigenvalue weighted by molar-refractivity contribution is 14.1. The molecule has 1 heterocycles. The van der Waals surface area contributed by atoms with E-state index in [1.165, 1.54) is 0 Å². The summed E-state index contributed by atoms with van der Waals surface area (Å²) in [6, 6.07) is 12.3. The fourth-order valence-electron chi connectivity index (χ4n) is 2.78. The molecule has 2 aromatic carbocycles. The molecular weight excluding hydrogens is 552 g/mol. The molecule has 0 atom stereocenters. The topological polar surface area (TPSA) is 108 Å². The lowest BCUT2D eigenvalue weighted by Gasteiger charge is -2.20. The predicted molar refractivity (Wildman–Crippen MR) is 140 cm³/mol. The first-order valence-electron chi connectivity index (χ1n) is 10.3. The largest absolute Gasteiger partial charge is 0.490 e. The first kappa shape index (κ1) is 25.4. The second kappa shape index (κ2) is 11.3. The van der Waals surface area contributed by atoms with E-state index in [4.69, 9.17) is 4.74 Å². The number of hydrogen-bond acceptors (Lipinski definition) is 7. The van der Waals surface area contributed by atoms with Crippen molar-refractivity contribution in [3.05, 3.63) is 72.7 Å². The van der Waals surface area contributed by atoms with Gasteiger partial charge in [0.15, 0.2) is 11.6 Å². The number of aromatic nitrogens is 2. The van der Waals surface area contributed by atoms with Crippen LogP contribution in [0, 0.1) is 5.82 Å². The lowest BCUT2D eigenvalue weighted by molar-refractivity contribution is -0.111. The standard InChI is InChI=1S/C24H25FIN5O3/c1-4-21(32)28-16-6-5-7-17(10-16)29-22-19(25)13-27-23(31-22)30-18-9-8-15(12-26)20(11-18)34-14-24(2,3)33/h4-11,13,33H,1,12,14H2,2-3H3,(H,28,32)(H2,27,29,30,31). The maximum absolute atomic E-state index is 14.4. The van der Waals surface area contributed by atoms with Gasteiger partial charge in [-0.2, -0.15) is 4.98 Å². The van der Waals surface area contributed by atoms with Gasteiger partial charge in [0.2, 0.25) is 11.9 Å². The van der Waals surface area contributed by atoms with E-state index in [0.29, 0.717) is 22.8 Å². The minimum Gasteiger partial charge on any atom is -0.490 e. The molecule has 10 heteroatoms. The number of carbonyl (C=O) groups is 1. The number of halogens is 2. The molecule has 0 unspecified atom stereocenters. The second-order valence-corrected chi connectivity index (χ2v) is 8.73. The minimum absolute atomic E-state index is 0.0351. The Labute approximate surface area is 210 Å². The number of ether oxygens (including phenoxy) is 1. The van der Waals surface area contributed by atoms with Gasteiger partial charge in [0, 0.05) is 33.1 Å². The van der Waals surface area contributed by atoms with Gasteiger partial charge in [-0.25, -0.2) is 9.37 Å². The molecule has 3 aromatic rings. The lowest BCUT2D eigenvalue weighted by atomic mass is 10.1. The third-order valence-corrected chi connectivity index (χ3v) is 5.19. The number of amides is 1. The van der Waals surface area contributed by atoms with E-state index >= 15 is 0 Å². The molecule has 34 heavy (non-hydrogen) atoms. The van der Waals surface area contributed by atoms with Gasteiger partial charge in [0.05, 0.1) is 11.8 Å². The molecule has 8 nitrogen and oxygen atoms in total. The van der Waals surface area contributed by atoms with Crippen molar-refractivity contribution in [2.45, 2.75) is 23.9 Å². The average Bonchev–Trinajstić information content (AvgIpc) is 2.79. The van der Waals surface area contributed by atoms with Gasteiger partial charge in [-0.1, -0.05) is 41.3 Å². The zero-order chi connectivity index (χ0) is 24.7. The number of aliphatic hydroxyl groups is 1. The van der Waals surface area contributed by atoms with Crippen molar-refractivity contribution < 1.29 is 19.0 Å². The van der Waals surface area contributed by atoms with Crippen LogP contribution >= 0.6 is 22.6 Å². The van der Waals surface area contributed by atoms with Crippen molar-refractivity contribution in [3.8, 4) is 5.75 Å². The average molecular weight is 577 g/mol. The van der Waals surface area contributed by atoms with Crippen molar-refractivity contribution in [2.24, 2.45) is 0 Å². The number of anilines is 5. The summed E-state index contributed by atoms with van der Waals surface area (Å²) < 4.78 is 20.9. The molecule has 4 N–H and O–H groups in total. The Hall–Kier alpha value is -3.25. The van der Waals surface area contributed by atoms with Crippen LogP contribution in [0.4, 0.5) is 33.2 Å². The highest BCUT2D eigenvalue weighted by atomic mass is 127. The summed E-state index contributed by atoms with van der Waals surface area (Å²) in [5.74, 6) is -0.222. The van der Waals surface area contributed by atoms with Crippen molar-refractivity contribution in [3.63, 3.8) is 0 Å². The number of benzene rings is 2. The summed E-state index contributed by atoms with van der Waals surface area (Å²) in [6.45, 7) is 6.89. The molecule has 0 aliphatic rings. The number of hydrogen-bond donors (Lipinski definition) is 4. The Bertz CT molecular complexity index is 1180. The minimum atomic E-state index is -0.974. The number of carbonyl (C=O) groups excluding carboxylic acids is 1. The van der Waals surface area contributed by atoms with E-state index in [-0.39, 0.29) is 24.3 Å². The SMILES string of the molecule is C=CC(=O)Nc1cccc(Nc2nc(Nc3ccc(CI)c(OCC(C)(C)O)c3)ncc2F)c1. The summed E-state index contributed by atoms with van der Waals surface area (Å²) in [5.41, 5.74) is 1.70. The molecule has 0 spiro atoms. The van der Waals surface area contributed by atoms with Crippen molar-refractivity contribution in [1.82, 2.24) is 9.97 Å². The van der Waals surface area contributed by atoms with Gasteiger partial charge in [-0.3, -0.25) is 4.79 Å². The maximum atomic E-state index is 14.4. The van der Waals surface area contributed by atoms with Gasteiger partial charge >= 0.3 is 0 Å². The quantitative estimate of drug-likeness (QED) is 0.147. The summed E-state index contributed by atoms with van der Waals surface area (Å²) in [4.78, 5) is 19.8. The van der Waals surface area contributed by atoms with E-state index in [0.717, 1.165) is 22.3 Å². The van der Waals surface area contributed by atoms with Crippen molar-refractivity contribution in [2.75, 3.05) is 22.6 Å². The van der Waals surface area contributed by atoms with Crippen molar-refractivity contribution in [1.29, 1.82) is 0 Å². The predicted octanol–water partition coefficient (Wildman–Crippen LogP) is 5.31. The van der Waals surface area contributed by atoms with Crippen LogP contribution in [0.15, 0.2) is 61.3 Å². The van der Waals surface area contributed by atoms with E-state index in [9.17, 15) is 14.3 Å². The Morgan fingerprint density at radius 2 is 1.94 bits per heavy atom. The third-order valence-electron chi connectivity index (χ3n) is 4.37. The molecule has 0 bridgehead atoms. The van der Waals surface area contributed by atoms with E-state index in [1.54, 1.807) is 44.2 Å². The Balaban J connectivity index is 1.78. The lowest BCUT2D eigenvalue weighted by Crippen LogP contribution is -2.28. The Kier molecular flexibility index (Phi) is 8.40. The molecule has 0 aliphatic heterocycles. The number of nitrogens with zero attached hydrogens (tertiary/aromatic N) is 2. The summed E-state index contributed by atoms with van der Waals surface area (Å²) >= 11 is 2.24. The Morgan fingerprint density at radius 1 is 1.21 bits per heavy atom. The number of nitrogens with one attached hydrogen (secondary N) is 3. The van der Waals surface area contributed by atoms with Gasteiger partial charge < -0.3 is 25.8 Å². The van der Waals surface area contributed by atoms with Gasteiger partial charge in [-0.05, 0) is 44.2 Å². The van der Waals surface area contributed by atoms with Crippen LogP contribution in [-0.2, 0) is 9.22 Å². The number of rotatable bonds is 10. The molecule has 0 fully saturated rings. The van der Waals surface area contributed by atoms with Crippen LogP contribution in [0.5, 0.6) is 5.75 Å². The zero-order valence-electron chi connectivity index (χ0n) is 18.7. The zero-order valence-corrected chi connectivity index (χ0v) is 20.9. The van der Waals surface area contributed by atoms with Crippen LogP contribution in [0.25, 0.3) is 0 Å². The monoisotopic (exact) mass is 577 g/mol. The number of alkyl halides is 1. The molecule has 0 saturated heterocycles. The summed E-state index contributed by atoms with van der Waals surface area (Å²) in [5, 5.41) is 18.6. The van der Waals surface area contributed by atoms with Crippen molar-refractivity contribution >= 4 is 57.3 Å². The highest BCUT2D eigenvalue weighted by Crippen LogP contribution is 2.28. The van der Waals surface area contributed by atoms with Crippen LogP contribution in [-0.4, -0.2) is 33.2 Å². The summed E-state index contributed by atoms with van der Waals surface area (Å²) in [6.07, 6.45) is 2.22. The van der Waals surface area contributed by atoms with Crippen LogP contribution in [0.2, 0.25) is 0 Å². The fourth-order valence-corrected chi connectivity index (χ4v) is 3.41. The van der Waals surface area contributed by atoms with E-state index < -0.39 is 11.4 Å². The van der Waals surface area contributed by atoms with Crippen LogP contribution in [0.3, 0.4) is 0 Å². The molecular formula is C24H25FIN5O3. The van der Waals surface area contributed by atoms with Gasteiger partial charge in [-0.15, -0.1) is 0 Å². The highest BCUT2D eigenvalue weighted by Gasteiger charge is 2.15. The molecule has 3 rings (SSSR count). The normalized spacial score (nSPS) is 11.0. The van der Waals surface area contributed by atoms with E-state index in [2.05, 4.69) is 55.1 Å². The smallest absolute Gasteiger partial charge is 0.247 e. The van der Waals surface area contributed by atoms with Crippen LogP contribution in [0.1, 0.15) is 19.4 Å².